The van der Waals surface area contributed by atoms with E-state index in [0.29, 0.717) is 5.75 Å². The van der Waals surface area contributed by atoms with Gasteiger partial charge in [-0.2, -0.15) is 0 Å². The van der Waals surface area contributed by atoms with Gasteiger partial charge in [-0.1, -0.05) is 0 Å². The zero-order valence-electron chi connectivity index (χ0n) is 16.7. The van der Waals surface area contributed by atoms with Crippen LogP contribution >= 0.6 is 11.8 Å². The van der Waals surface area contributed by atoms with Crippen LogP contribution < -0.4 is 4.74 Å². The Bertz CT molecular complexity index is 677. The summed E-state index contributed by atoms with van der Waals surface area (Å²) in [5.74, 6) is -0.575. The molecule has 0 atom stereocenters. The van der Waals surface area contributed by atoms with Crippen molar-refractivity contribution in [3.05, 3.63) is 23.8 Å². The van der Waals surface area contributed by atoms with E-state index in [1.807, 2.05) is 27.0 Å². The number of hydrogen-bond acceptors (Lipinski definition) is 5. The maximum Gasteiger partial charge on any atom is 0.410 e. The maximum atomic E-state index is 12.2. The van der Waals surface area contributed by atoms with E-state index in [2.05, 4.69) is 0 Å². The van der Waals surface area contributed by atoms with E-state index < -0.39 is 11.6 Å². The molecule has 1 saturated carbocycles. The van der Waals surface area contributed by atoms with Crippen molar-refractivity contribution in [3.63, 3.8) is 0 Å². The van der Waals surface area contributed by atoms with Gasteiger partial charge in [0.25, 0.3) is 0 Å². The Kier molecular flexibility index (Phi) is 7.03. The number of carbonyl (C=O) groups is 2. The minimum absolute atomic E-state index is 0.0523. The number of carboxylic acids is 1. The molecule has 1 aromatic rings. The molecule has 0 heterocycles. The van der Waals surface area contributed by atoms with Crippen molar-refractivity contribution in [1.82, 2.24) is 4.90 Å². The predicted molar refractivity (Wildman–Crippen MR) is 106 cm³/mol. The fourth-order valence-corrected chi connectivity index (χ4v) is 3.55. The molecule has 150 valence electrons. The molecule has 7 heteroatoms. The summed E-state index contributed by atoms with van der Waals surface area (Å²) in [4.78, 5) is 26.3. The minimum atomic E-state index is -0.990. The second-order valence-electron chi connectivity index (χ2n) is 7.81. The maximum absolute atomic E-state index is 12.2. The molecule has 27 heavy (non-hydrogen) atoms. The first-order chi connectivity index (χ1) is 12.6. The number of benzene rings is 1. The standard InChI is InChI=1S/C20H29NO5S/c1-20(2,3)26-19(24)21(4)13-6-8-14(9-7-13)25-17-12-15(27-5)10-11-16(17)18(22)23/h10-14H,6-9H2,1-5H3,(H,22,23). The van der Waals surface area contributed by atoms with Crippen LogP contribution in [0.1, 0.15) is 56.8 Å². The van der Waals surface area contributed by atoms with E-state index in [0.717, 1.165) is 30.6 Å². The highest BCUT2D eigenvalue weighted by Gasteiger charge is 2.30. The molecule has 1 N–H and O–H groups in total. The third kappa shape index (κ3) is 6.06. The Balaban J connectivity index is 1.96. The Morgan fingerprint density at radius 2 is 1.81 bits per heavy atom. The van der Waals surface area contributed by atoms with Crippen LogP contribution in [0.15, 0.2) is 23.1 Å². The van der Waals surface area contributed by atoms with E-state index in [-0.39, 0.29) is 23.8 Å². The van der Waals surface area contributed by atoms with Crippen molar-refractivity contribution < 1.29 is 24.2 Å². The van der Waals surface area contributed by atoms with Crippen LogP contribution in [-0.2, 0) is 4.74 Å². The number of aromatic carboxylic acids is 1. The summed E-state index contributed by atoms with van der Waals surface area (Å²) in [6.45, 7) is 5.56. The Labute approximate surface area is 165 Å². The van der Waals surface area contributed by atoms with Gasteiger partial charge in [0.2, 0.25) is 0 Å². The molecule has 2 rings (SSSR count). The number of ether oxygens (including phenoxy) is 2. The largest absolute Gasteiger partial charge is 0.489 e. The zero-order chi connectivity index (χ0) is 20.2. The summed E-state index contributed by atoms with van der Waals surface area (Å²) in [5.41, 5.74) is -0.331. The molecular weight excluding hydrogens is 366 g/mol. The van der Waals surface area contributed by atoms with Crippen LogP contribution in [0.4, 0.5) is 4.79 Å². The molecule has 1 aliphatic rings. The highest BCUT2D eigenvalue weighted by atomic mass is 32.2. The van der Waals surface area contributed by atoms with Gasteiger partial charge in [0.05, 0.1) is 6.10 Å². The summed E-state index contributed by atoms with van der Waals surface area (Å²) in [6, 6.07) is 5.27. The van der Waals surface area contributed by atoms with Crippen LogP contribution in [0.5, 0.6) is 5.75 Å². The lowest BCUT2D eigenvalue weighted by Crippen LogP contribution is -2.43. The Hall–Kier alpha value is -1.89. The van der Waals surface area contributed by atoms with Crippen LogP contribution in [0.3, 0.4) is 0 Å². The number of hydrogen-bond donors (Lipinski definition) is 1. The normalized spacial score (nSPS) is 20.0. The van der Waals surface area contributed by atoms with Crippen molar-refractivity contribution >= 4 is 23.8 Å². The lowest BCUT2D eigenvalue weighted by Gasteiger charge is -2.35. The quantitative estimate of drug-likeness (QED) is 0.731. The molecule has 0 unspecified atom stereocenters. The van der Waals surface area contributed by atoms with Gasteiger partial charge < -0.3 is 19.5 Å². The minimum Gasteiger partial charge on any atom is -0.489 e. The fourth-order valence-electron chi connectivity index (χ4n) is 3.12. The molecule has 0 spiro atoms. The second-order valence-corrected chi connectivity index (χ2v) is 8.69. The number of amides is 1. The molecule has 0 aromatic heterocycles. The van der Waals surface area contributed by atoms with Gasteiger partial charge in [-0.3, -0.25) is 0 Å². The third-order valence-corrected chi connectivity index (χ3v) is 5.31. The fraction of sp³-hybridized carbons (Fsp3) is 0.600. The average molecular weight is 396 g/mol. The van der Waals surface area contributed by atoms with E-state index in [1.165, 1.54) is 0 Å². The predicted octanol–water partition coefficient (Wildman–Crippen LogP) is 4.66. The molecule has 0 saturated heterocycles. The van der Waals surface area contributed by atoms with Gasteiger partial charge in [0.1, 0.15) is 16.9 Å². The molecule has 1 fully saturated rings. The highest BCUT2D eigenvalue weighted by molar-refractivity contribution is 7.98. The van der Waals surface area contributed by atoms with Crippen molar-refractivity contribution in [2.45, 2.75) is 69.1 Å². The first-order valence-electron chi connectivity index (χ1n) is 9.14. The van der Waals surface area contributed by atoms with Gasteiger partial charge >= 0.3 is 12.1 Å². The summed E-state index contributed by atoms with van der Waals surface area (Å²) in [5, 5.41) is 9.38. The van der Waals surface area contributed by atoms with E-state index in [4.69, 9.17) is 9.47 Å². The lowest BCUT2D eigenvalue weighted by molar-refractivity contribution is 0.0137. The number of rotatable bonds is 5. The van der Waals surface area contributed by atoms with Gasteiger partial charge in [-0.15, -0.1) is 11.8 Å². The first kappa shape index (κ1) is 21.4. The Morgan fingerprint density at radius 1 is 1.19 bits per heavy atom. The summed E-state index contributed by atoms with van der Waals surface area (Å²) in [7, 11) is 1.77. The van der Waals surface area contributed by atoms with Crippen LogP contribution in [0.2, 0.25) is 0 Å². The van der Waals surface area contributed by atoms with Crippen molar-refractivity contribution in [2.24, 2.45) is 0 Å². The monoisotopic (exact) mass is 395 g/mol. The topological polar surface area (TPSA) is 76.1 Å². The number of carbonyl (C=O) groups excluding carboxylic acids is 1. The van der Waals surface area contributed by atoms with Crippen molar-refractivity contribution in [3.8, 4) is 5.75 Å². The second kappa shape index (κ2) is 8.87. The highest BCUT2D eigenvalue weighted by Crippen LogP contribution is 2.31. The van der Waals surface area contributed by atoms with Gasteiger partial charge in [-0.25, -0.2) is 9.59 Å². The van der Waals surface area contributed by atoms with Gasteiger partial charge in [-0.05, 0) is 70.9 Å². The third-order valence-electron chi connectivity index (χ3n) is 4.59. The van der Waals surface area contributed by atoms with E-state index in [1.54, 1.807) is 41.9 Å². The Morgan fingerprint density at radius 3 is 2.33 bits per heavy atom. The van der Waals surface area contributed by atoms with Gasteiger partial charge in [0, 0.05) is 18.0 Å². The smallest absolute Gasteiger partial charge is 0.410 e. The van der Waals surface area contributed by atoms with Crippen LogP contribution in [0.25, 0.3) is 0 Å². The summed E-state index contributed by atoms with van der Waals surface area (Å²) < 4.78 is 11.5. The molecule has 0 bridgehead atoms. The molecule has 6 nitrogen and oxygen atoms in total. The zero-order valence-corrected chi connectivity index (χ0v) is 17.5. The lowest BCUT2D eigenvalue weighted by atomic mass is 9.92. The molecule has 0 aliphatic heterocycles. The number of thioether (sulfide) groups is 1. The summed E-state index contributed by atoms with van der Waals surface area (Å²) in [6.07, 6.45) is 4.70. The molecule has 1 aliphatic carbocycles. The number of carboxylic acid groups (broad SMARTS) is 1. The van der Waals surface area contributed by atoms with Crippen molar-refractivity contribution in [1.29, 1.82) is 0 Å². The molecular formula is C20H29NO5S. The molecule has 0 radical (unpaired) electrons. The van der Waals surface area contributed by atoms with Crippen LogP contribution in [-0.4, -0.2) is 53.1 Å². The summed E-state index contributed by atoms with van der Waals surface area (Å²) >= 11 is 1.55. The van der Waals surface area contributed by atoms with Gasteiger partial charge in [0.15, 0.2) is 0 Å². The number of nitrogens with zero attached hydrogens (tertiary/aromatic N) is 1. The molecule has 1 aromatic carbocycles. The SMILES string of the molecule is CSc1ccc(C(=O)O)c(OC2CCC(N(C)C(=O)OC(C)(C)C)CC2)c1. The molecule has 1 amide bonds. The van der Waals surface area contributed by atoms with E-state index >= 15 is 0 Å². The van der Waals surface area contributed by atoms with Crippen molar-refractivity contribution in [2.75, 3.05) is 13.3 Å². The van der Waals surface area contributed by atoms with E-state index in [9.17, 15) is 14.7 Å². The first-order valence-corrected chi connectivity index (χ1v) is 10.4. The average Bonchev–Trinajstić information content (AvgIpc) is 2.60. The van der Waals surface area contributed by atoms with Crippen LogP contribution in [0, 0.1) is 0 Å².